The van der Waals surface area contributed by atoms with Gasteiger partial charge in [0, 0.05) is 37.2 Å². The fourth-order valence-corrected chi connectivity index (χ4v) is 6.30. The number of amides is 1. The summed E-state index contributed by atoms with van der Waals surface area (Å²) in [6.45, 7) is 5.29. The van der Waals surface area contributed by atoms with Crippen LogP contribution in [0.2, 0.25) is 0 Å². The standard InChI is InChI=1S/C26H25BrN4O2S/c1-2-31-24(32)20-15-17-7-3-4-8-18(17)16-22(20)29-26(31)34-23(19-9-5-6-10-21(19)27)25(33)30-13-11-28-12-14-30/h3-10,15-16,23,28H,2,11-14H2,1H3. The Kier molecular flexibility index (Phi) is 6.72. The van der Waals surface area contributed by atoms with Gasteiger partial charge in [0.2, 0.25) is 5.91 Å². The van der Waals surface area contributed by atoms with Crippen molar-refractivity contribution in [3.05, 3.63) is 81.1 Å². The Hall–Kier alpha value is -2.68. The number of carbonyl (C=O) groups excluding carboxylic acids is 1. The van der Waals surface area contributed by atoms with Crippen LogP contribution in [0, 0.1) is 0 Å². The second kappa shape index (κ2) is 9.90. The highest BCUT2D eigenvalue weighted by Gasteiger charge is 2.31. The van der Waals surface area contributed by atoms with E-state index in [1.165, 1.54) is 11.8 Å². The Balaban J connectivity index is 1.63. The molecule has 5 rings (SSSR count). The molecule has 3 aromatic carbocycles. The van der Waals surface area contributed by atoms with E-state index in [0.717, 1.165) is 33.9 Å². The molecule has 6 nitrogen and oxygen atoms in total. The zero-order valence-electron chi connectivity index (χ0n) is 18.8. The third-order valence-corrected chi connectivity index (χ3v) is 8.10. The largest absolute Gasteiger partial charge is 0.339 e. The number of nitrogens with one attached hydrogen (secondary N) is 1. The molecule has 0 aliphatic carbocycles. The molecule has 34 heavy (non-hydrogen) atoms. The smallest absolute Gasteiger partial charge is 0.262 e. The van der Waals surface area contributed by atoms with Gasteiger partial charge in [0.15, 0.2) is 5.16 Å². The number of hydrogen-bond donors (Lipinski definition) is 1. The van der Waals surface area contributed by atoms with Gasteiger partial charge in [0.05, 0.1) is 10.9 Å². The average Bonchev–Trinajstić information content (AvgIpc) is 2.87. The second-order valence-corrected chi connectivity index (χ2v) is 10.2. The molecule has 8 heteroatoms. The highest BCUT2D eigenvalue weighted by atomic mass is 79.9. The summed E-state index contributed by atoms with van der Waals surface area (Å²) in [6.07, 6.45) is 0. The Labute approximate surface area is 210 Å². The van der Waals surface area contributed by atoms with Crippen molar-refractivity contribution in [1.82, 2.24) is 19.8 Å². The number of rotatable bonds is 5. The average molecular weight is 537 g/mol. The number of nitrogens with zero attached hydrogens (tertiary/aromatic N) is 3. The molecule has 1 N–H and O–H groups in total. The maximum absolute atomic E-state index is 13.7. The quantitative estimate of drug-likeness (QED) is 0.229. The number of benzene rings is 3. The van der Waals surface area contributed by atoms with Crippen LogP contribution in [0.4, 0.5) is 0 Å². The molecule has 174 valence electrons. The first-order valence-electron chi connectivity index (χ1n) is 11.4. The molecular formula is C26H25BrN4O2S. The van der Waals surface area contributed by atoms with Crippen LogP contribution in [-0.2, 0) is 11.3 Å². The van der Waals surface area contributed by atoms with Crippen LogP contribution < -0.4 is 10.9 Å². The van der Waals surface area contributed by atoms with Gasteiger partial charge in [-0.2, -0.15) is 0 Å². The van der Waals surface area contributed by atoms with Crippen molar-refractivity contribution >= 4 is 55.3 Å². The molecule has 1 amide bonds. The van der Waals surface area contributed by atoms with Crippen LogP contribution in [0.1, 0.15) is 17.7 Å². The van der Waals surface area contributed by atoms with E-state index in [4.69, 9.17) is 4.98 Å². The fourth-order valence-electron chi connectivity index (χ4n) is 4.35. The lowest BCUT2D eigenvalue weighted by molar-refractivity contribution is -0.131. The number of halogens is 1. The van der Waals surface area contributed by atoms with Gasteiger partial charge in [0.1, 0.15) is 5.25 Å². The molecular weight excluding hydrogens is 512 g/mol. The summed E-state index contributed by atoms with van der Waals surface area (Å²) in [6, 6.07) is 19.6. The molecule has 0 saturated carbocycles. The number of thioether (sulfide) groups is 1. The third-order valence-electron chi connectivity index (χ3n) is 6.17. The summed E-state index contributed by atoms with van der Waals surface area (Å²) < 4.78 is 2.55. The summed E-state index contributed by atoms with van der Waals surface area (Å²) in [5.41, 5.74) is 1.45. The summed E-state index contributed by atoms with van der Waals surface area (Å²) in [5, 5.41) is 5.98. The van der Waals surface area contributed by atoms with Gasteiger partial charge in [0.25, 0.3) is 5.56 Å². The zero-order chi connectivity index (χ0) is 23.7. The summed E-state index contributed by atoms with van der Waals surface area (Å²) >= 11 is 4.99. The van der Waals surface area contributed by atoms with Crippen LogP contribution >= 0.6 is 27.7 Å². The van der Waals surface area contributed by atoms with E-state index < -0.39 is 5.25 Å². The van der Waals surface area contributed by atoms with E-state index in [1.54, 1.807) is 4.57 Å². The van der Waals surface area contributed by atoms with Crippen molar-refractivity contribution < 1.29 is 4.79 Å². The molecule has 4 aromatic rings. The third kappa shape index (κ3) is 4.37. The van der Waals surface area contributed by atoms with Crippen LogP contribution in [0.15, 0.2) is 75.1 Å². The minimum Gasteiger partial charge on any atom is -0.339 e. The van der Waals surface area contributed by atoms with Gasteiger partial charge in [-0.25, -0.2) is 4.98 Å². The molecule has 1 unspecified atom stereocenters. The Morgan fingerprint density at radius 2 is 1.76 bits per heavy atom. The topological polar surface area (TPSA) is 67.2 Å². The molecule has 1 aliphatic heterocycles. The van der Waals surface area contributed by atoms with Gasteiger partial charge >= 0.3 is 0 Å². The van der Waals surface area contributed by atoms with E-state index in [0.29, 0.717) is 35.7 Å². The molecule has 2 heterocycles. The number of fused-ring (bicyclic) bond motifs is 2. The summed E-state index contributed by atoms with van der Waals surface area (Å²) in [4.78, 5) is 34.0. The zero-order valence-corrected chi connectivity index (χ0v) is 21.2. The molecule has 1 fully saturated rings. The number of piperazine rings is 1. The lowest BCUT2D eigenvalue weighted by atomic mass is 10.1. The monoisotopic (exact) mass is 536 g/mol. The minimum absolute atomic E-state index is 0.0360. The lowest BCUT2D eigenvalue weighted by Gasteiger charge is -2.31. The Morgan fingerprint density at radius 1 is 1.09 bits per heavy atom. The van der Waals surface area contributed by atoms with Gasteiger partial charge in [-0.1, -0.05) is 70.2 Å². The summed E-state index contributed by atoms with van der Waals surface area (Å²) in [7, 11) is 0. The second-order valence-electron chi connectivity index (χ2n) is 8.25. The predicted octanol–water partition coefficient (Wildman–Crippen LogP) is 4.60. The predicted molar refractivity (Wildman–Crippen MR) is 141 cm³/mol. The van der Waals surface area contributed by atoms with E-state index >= 15 is 0 Å². The first-order chi connectivity index (χ1) is 16.6. The Morgan fingerprint density at radius 3 is 2.47 bits per heavy atom. The molecule has 1 atom stereocenters. The normalized spacial score (nSPS) is 15.1. The van der Waals surface area contributed by atoms with Crippen molar-refractivity contribution in [1.29, 1.82) is 0 Å². The minimum atomic E-state index is -0.517. The van der Waals surface area contributed by atoms with Crippen LogP contribution in [0.5, 0.6) is 0 Å². The van der Waals surface area contributed by atoms with Gasteiger partial charge < -0.3 is 10.2 Å². The van der Waals surface area contributed by atoms with Crippen molar-refractivity contribution in [2.24, 2.45) is 0 Å². The van der Waals surface area contributed by atoms with Crippen LogP contribution in [0.25, 0.3) is 21.7 Å². The van der Waals surface area contributed by atoms with Crippen molar-refractivity contribution in [3.8, 4) is 0 Å². The number of carbonyl (C=O) groups is 1. The molecule has 0 spiro atoms. The van der Waals surface area contributed by atoms with Crippen LogP contribution in [0.3, 0.4) is 0 Å². The van der Waals surface area contributed by atoms with Gasteiger partial charge in [-0.05, 0) is 41.5 Å². The van der Waals surface area contributed by atoms with Crippen molar-refractivity contribution in [2.45, 2.75) is 23.9 Å². The van der Waals surface area contributed by atoms with E-state index in [2.05, 4.69) is 21.2 Å². The molecule has 0 bridgehead atoms. The molecule has 1 aromatic heterocycles. The van der Waals surface area contributed by atoms with Gasteiger partial charge in [-0.15, -0.1) is 0 Å². The van der Waals surface area contributed by atoms with Crippen molar-refractivity contribution in [2.75, 3.05) is 26.2 Å². The summed E-state index contributed by atoms with van der Waals surface area (Å²) in [5.74, 6) is 0.0360. The number of hydrogen-bond acceptors (Lipinski definition) is 5. The van der Waals surface area contributed by atoms with E-state index in [-0.39, 0.29) is 11.5 Å². The van der Waals surface area contributed by atoms with E-state index in [1.807, 2.05) is 72.5 Å². The Bertz CT molecular complexity index is 1430. The highest BCUT2D eigenvalue weighted by molar-refractivity contribution is 9.10. The lowest BCUT2D eigenvalue weighted by Crippen LogP contribution is -2.47. The van der Waals surface area contributed by atoms with Crippen molar-refractivity contribution in [3.63, 3.8) is 0 Å². The highest BCUT2D eigenvalue weighted by Crippen LogP contribution is 2.39. The molecule has 0 radical (unpaired) electrons. The first-order valence-corrected chi connectivity index (χ1v) is 13.1. The molecule has 1 saturated heterocycles. The molecule has 1 aliphatic rings. The maximum Gasteiger partial charge on any atom is 0.262 e. The van der Waals surface area contributed by atoms with E-state index in [9.17, 15) is 9.59 Å². The van der Waals surface area contributed by atoms with Gasteiger partial charge in [-0.3, -0.25) is 14.2 Å². The maximum atomic E-state index is 13.7. The van der Waals surface area contributed by atoms with Crippen LogP contribution in [-0.4, -0.2) is 46.5 Å². The number of aromatic nitrogens is 2. The SMILES string of the molecule is CCn1c(SC(C(=O)N2CCNCC2)c2ccccc2Br)nc2cc3ccccc3cc2c1=O. The fraction of sp³-hybridized carbons (Fsp3) is 0.269. The first kappa shape index (κ1) is 23.1.